The number of aryl methyl sites for hydroxylation is 1. The zero-order valence-corrected chi connectivity index (χ0v) is 16.5. The molecule has 2 N–H and O–H groups in total. The molecule has 0 aliphatic carbocycles. The largest absolute Gasteiger partial charge is 0.390 e. The van der Waals surface area contributed by atoms with Crippen LogP contribution in [0.4, 0.5) is 10.5 Å². The third-order valence-electron chi connectivity index (χ3n) is 5.90. The number of carbonyl (C=O) groups is 1. The van der Waals surface area contributed by atoms with Crippen molar-refractivity contribution in [3.8, 4) is 11.1 Å². The molecule has 148 valence electrons. The minimum atomic E-state index is -0.470. The first kappa shape index (κ1) is 19.0. The van der Waals surface area contributed by atoms with Gasteiger partial charge in [-0.25, -0.2) is 4.79 Å². The van der Waals surface area contributed by atoms with Crippen molar-refractivity contribution < 1.29 is 9.90 Å². The maximum atomic E-state index is 12.8. The monoisotopic (exact) mass is 379 g/mol. The Kier molecular flexibility index (Phi) is 5.64. The van der Waals surface area contributed by atoms with Crippen LogP contribution in [0.5, 0.6) is 0 Å². The Bertz CT molecular complexity index is 815. The minimum Gasteiger partial charge on any atom is -0.390 e. The molecule has 28 heavy (non-hydrogen) atoms. The van der Waals surface area contributed by atoms with Gasteiger partial charge in [0.25, 0.3) is 0 Å². The van der Waals surface area contributed by atoms with Gasteiger partial charge in [0.2, 0.25) is 0 Å². The number of β-amino-alcohol motifs (C(OH)–C–C–N with tert-alkyl or cyclic N) is 1. The molecule has 0 unspecified atom stereocenters. The van der Waals surface area contributed by atoms with Gasteiger partial charge in [0, 0.05) is 12.2 Å². The molecule has 0 radical (unpaired) electrons. The Morgan fingerprint density at radius 1 is 1.00 bits per heavy atom. The van der Waals surface area contributed by atoms with E-state index in [4.69, 9.17) is 0 Å². The predicted octanol–water partition coefficient (Wildman–Crippen LogP) is 3.72. The summed E-state index contributed by atoms with van der Waals surface area (Å²) in [4.78, 5) is 16.9. The van der Waals surface area contributed by atoms with Gasteiger partial charge in [-0.2, -0.15) is 0 Å². The molecular formula is C23H29N3O2. The third kappa shape index (κ3) is 4.21. The van der Waals surface area contributed by atoms with Crippen molar-refractivity contribution in [2.45, 2.75) is 38.3 Å². The number of amides is 2. The van der Waals surface area contributed by atoms with Crippen LogP contribution in [-0.4, -0.2) is 59.3 Å². The summed E-state index contributed by atoms with van der Waals surface area (Å²) in [7, 11) is 0. The topological polar surface area (TPSA) is 55.8 Å². The highest BCUT2D eigenvalue weighted by Gasteiger charge is 2.37. The number of piperidine rings is 1. The van der Waals surface area contributed by atoms with Crippen molar-refractivity contribution in [3.63, 3.8) is 0 Å². The van der Waals surface area contributed by atoms with Crippen molar-refractivity contribution in [2.75, 3.05) is 31.5 Å². The number of aliphatic hydroxyl groups excluding tert-OH is 1. The molecule has 0 bridgehead atoms. The molecule has 2 aliphatic heterocycles. The van der Waals surface area contributed by atoms with Crippen LogP contribution in [0.15, 0.2) is 48.5 Å². The van der Waals surface area contributed by atoms with E-state index < -0.39 is 6.10 Å². The number of nitrogens with one attached hydrogen (secondary N) is 1. The number of rotatable bonds is 3. The number of hydrogen-bond donors (Lipinski definition) is 2. The van der Waals surface area contributed by atoms with Gasteiger partial charge in [-0.05, 0) is 56.1 Å². The second kappa shape index (κ2) is 8.33. The normalized spacial score (nSPS) is 23.0. The smallest absolute Gasteiger partial charge is 0.321 e. The molecule has 5 nitrogen and oxygen atoms in total. The summed E-state index contributed by atoms with van der Waals surface area (Å²) in [5, 5.41) is 13.5. The molecule has 2 aromatic rings. The number of carbonyl (C=O) groups excluding carboxylic acids is 1. The van der Waals surface area contributed by atoms with Gasteiger partial charge in [0.1, 0.15) is 0 Å². The summed E-state index contributed by atoms with van der Waals surface area (Å²) >= 11 is 0. The van der Waals surface area contributed by atoms with Gasteiger partial charge in [-0.15, -0.1) is 0 Å². The number of hydrogen-bond acceptors (Lipinski definition) is 3. The SMILES string of the molecule is Cc1ccc(-c2cccc(NC(=O)N3C[C@H](O)[C@@H](N4CCCCC4)C3)c2)cc1. The lowest BCUT2D eigenvalue weighted by atomic mass is 10.0. The van der Waals surface area contributed by atoms with E-state index >= 15 is 0 Å². The summed E-state index contributed by atoms with van der Waals surface area (Å²) < 4.78 is 0. The van der Waals surface area contributed by atoms with Crippen molar-refractivity contribution in [1.82, 2.24) is 9.80 Å². The van der Waals surface area contributed by atoms with Crippen molar-refractivity contribution in [2.24, 2.45) is 0 Å². The van der Waals surface area contributed by atoms with Crippen molar-refractivity contribution in [3.05, 3.63) is 54.1 Å². The van der Waals surface area contributed by atoms with Crippen LogP contribution in [0.3, 0.4) is 0 Å². The van der Waals surface area contributed by atoms with Crippen molar-refractivity contribution in [1.29, 1.82) is 0 Å². The summed E-state index contributed by atoms with van der Waals surface area (Å²) in [5.74, 6) is 0. The van der Waals surface area contributed by atoms with Gasteiger partial charge in [0.05, 0.1) is 18.7 Å². The summed E-state index contributed by atoms with van der Waals surface area (Å²) in [5.41, 5.74) is 4.21. The molecule has 2 aromatic carbocycles. The van der Waals surface area contributed by atoms with Gasteiger partial charge in [0.15, 0.2) is 0 Å². The quantitative estimate of drug-likeness (QED) is 0.854. The lowest BCUT2D eigenvalue weighted by molar-refractivity contribution is 0.0706. The standard InChI is InChI=1S/C23H29N3O2/c1-17-8-10-18(11-9-17)19-6-5-7-20(14-19)24-23(28)26-15-21(22(27)16-26)25-12-3-2-4-13-25/h5-11,14,21-22,27H,2-4,12-13,15-16H2,1H3,(H,24,28)/t21-,22-/m0/s1. The Labute approximate surface area is 167 Å². The first-order chi connectivity index (χ1) is 13.6. The molecule has 2 saturated heterocycles. The number of benzene rings is 2. The van der Waals surface area contributed by atoms with Crippen LogP contribution in [-0.2, 0) is 0 Å². The number of urea groups is 1. The van der Waals surface area contributed by atoms with E-state index in [0.717, 1.165) is 29.9 Å². The average molecular weight is 380 g/mol. The molecular weight excluding hydrogens is 350 g/mol. The van der Waals surface area contributed by atoms with Crippen LogP contribution < -0.4 is 5.32 Å². The van der Waals surface area contributed by atoms with Crippen LogP contribution in [0.1, 0.15) is 24.8 Å². The van der Waals surface area contributed by atoms with E-state index in [2.05, 4.69) is 41.4 Å². The molecule has 4 rings (SSSR count). The number of likely N-dealkylation sites (tertiary alicyclic amines) is 2. The van der Waals surface area contributed by atoms with Gasteiger partial charge in [-0.3, -0.25) is 4.90 Å². The highest BCUT2D eigenvalue weighted by atomic mass is 16.3. The fraction of sp³-hybridized carbons (Fsp3) is 0.435. The molecule has 2 amide bonds. The zero-order valence-electron chi connectivity index (χ0n) is 16.5. The number of aliphatic hydroxyl groups is 1. The van der Waals surface area contributed by atoms with E-state index in [9.17, 15) is 9.90 Å². The maximum Gasteiger partial charge on any atom is 0.321 e. The second-order valence-electron chi connectivity index (χ2n) is 8.01. The Morgan fingerprint density at radius 3 is 2.50 bits per heavy atom. The van der Waals surface area contributed by atoms with Crippen LogP contribution in [0.2, 0.25) is 0 Å². The first-order valence-corrected chi connectivity index (χ1v) is 10.3. The molecule has 2 fully saturated rings. The fourth-order valence-corrected chi connectivity index (χ4v) is 4.27. The number of nitrogens with zero attached hydrogens (tertiary/aromatic N) is 2. The average Bonchev–Trinajstić information content (AvgIpc) is 3.11. The third-order valence-corrected chi connectivity index (χ3v) is 5.90. The number of anilines is 1. The van der Waals surface area contributed by atoms with E-state index in [0.29, 0.717) is 13.1 Å². The predicted molar refractivity (Wildman–Crippen MR) is 112 cm³/mol. The van der Waals surface area contributed by atoms with E-state index in [-0.39, 0.29) is 12.1 Å². The minimum absolute atomic E-state index is 0.0601. The van der Waals surface area contributed by atoms with E-state index in [1.165, 1.54) is 24.8 Å². The lowest BCUT2D eigenvalue weighted by Crippen LogP contribution is -2.46. The van der Waals surface area contributed by atoms with Gasteiger partial charge in [-0.1, -0.05) is 48.4 Å². The van der Waals surface area contributed by atoms with Crippen molar-refractivity contribution >= 4 is 11.7 Å². The molecule has 0 spiro atoms. The molecule has 0 aromatic heterocycles. The highest BCUT2D eigenvalue weighted by Crippen LogP contribution is 2.25. The Morgan fingerprint density at radius 2 is 1.75 bits per heavy atom. The van der Waals surface area contributed by atoms with Crippen LogP contribution in [0, 0.1) is 6.92 Å². The second-order valence-corrected chi connectivity index (χ2v) is 8.01. The Hall–Kier alpha value is -2.37. The summed E-state index contributed by atoms with van der Waals surface area (Å²) in [6.07, 6.45) is 3.16. The van der Waals surface area contributed by atoms with Gasteiger partial charge >= 0.3 is 6.03 Å². The summed E-state index contributed by atoms with van der Waals surface area (Å²) in [6, 6.07) is 16.2. The van der Waals surface area contributed by atoms with Crippen LogP contribution in [0.25, 0.3) is 11.1 Å². The summed E-state index contributed by atoms with van der Waals surface area (Å²) in [6.45, 7) is 5.10. The molecule has 0 saturated carbocycles. The zero-order chi connectivity index (χ0) is 19.5. The lowest BCUT2D eigenvalue weighted by Gasteiger charge is -2.33. The maximum absolute atomic E-state index is 12.8. The molecule has 2 aliphatic rings. The molecule has 2 atom stereocenters. The molecule has 5 heteroatoms. The van der Waals surface area contributed by atoms with Crippen LogP contribution >= 0.6 is 0 Å². The first-order valence-electron chi connectivity index (χ1n) is 10.3. The Balaban J connectivity index is 1.41. The molecule has 2 heterocycles. The van der Waals surface area contributed by atoms with E-state index in [1.54, 1.807) is 4.90 Å². The highest BCUT2D eigenvalue weighted by molar-refractivity contribution is 5.90. The van der Waals surface area contributed by atoms with E-state index in [1.807, 2.05) is 24.3 Å². The fourth-order valence-electron chi connectivity index (χ4n) is 4.27. The van der Waals surface area contributed by atoms with Gasteiger partial charge < -0.3 is 15.3 Å².